The zero-order chi connectivity index (χ0) is 14.3. The number of carboxylic acids is 1. The van der Waals surface area contributed by atoms with Gasteiger partial charge in [-0.3, -0.25) is 9.59 Å². The van der Waals surface area contributed by atoms with Gasteiger partial charge in [0.2, 0.25) is 5.91 Å². The molecule has 0 radical (unpaired) electrons. The monoisotopic (exact) mass is 282 g/mol. The number of aliphatic carboxylic acids is 1. The van der Waals surface area contributed by atoms with E-state index in [0.717, 1.165) is 5.75 Å². The smallest absolute Gasteiger partial charge is 0.307 e. The summed E-state index contributed by atoms with van der Waals surface area (Å²) in [6.45, 7) is 0. The van der Waals surface area contributed by atoms with Crippen molar-refractivity contribution in [2.45, 2.75) is 18.9 Å². The SMILES string of the molecule is CSCC[C@@H](N)C(=O)Nc1ccc(CC(=O)O)cc1. The van der Waals surface area contributed by atoms with Crippen molar-refractivity contribution >= 4 is 29.3 Å². The third-order valence-electron chi connectivity index (χ3n) is 2.55. The average molecular weight is 282 g/mol. The molecule has 5 nitrogen and oxygen atoms in total. The molecular weight excluding hydrogens is 264 g/mol. The molecule has 0 aliphatic carbocycles. The summed E-state index contributed by atoms with van der Waals surface area (Å²) < 4.78 is 0. The highest BCUT2D eigenvalue weighted by Gasteiger charge is 2.12. The minimum Gasteiger partial charge on any atom is -0.481 e. The van der Waals surface area contributed by atoms with E-state index in [-0.39, 0.29) is 12.3 Å². The summed E-state index contributed by atoms with van der Waals surface area (Å²) in [5.74, 6) is -0.262. The maximum Gasteiger partial charge on any atom is 0.307 e. The Hall–Kier alpha value is -1.53. The van der Waals surface area contributed by atoms with Crippen molar-refractivity contribution < 1.29 is 14.7 Å². The Kier molecular flexibility index (Phi) is 6.38. The molecule has 4 N–H and O–H groups in total. The van der Waals surface area contributed by atoms with Gasteiger partial charge in [0.1, 0.15) is 0 Å². The molecule has 0 aliphatic rings. The average Bonchev–Trinajstić information content (AvgIpc) is 2.37. The number of anilines is 1. The molecule has 104 valence electrons. The number of benzene rings is 1. The van der Waals surface area contributed by atoms with Crippen LogP contribution in [0.1, 0.15) is 12.0 Å². The van der Waals surface area contributed by atoms with Crippen molar-refractivity contribution in [3.8, 4) is 0 Å². The molecule has 0 aliphatic heterocycles. The van der Waals surface area contributed by atoms with Crippen LogP contribution in [-0.2, 0) is 16.0 Å². The summed E-state index contributed by atoms with van der Waals surface area (Å²) in [7, 11) is 0. The second-order valence-electron chi connectivity index (χ2n) is 4.14. The molecular formula is C13H18N2O3S. The maximum atomic E-state index is 11.7. The van der Waals surface area contributed by atoms with Crippen molar-refractivity contribution in [2.75, 3.05) is 17.3 Å². The molecule has 0 unspecified atom stereocenters. The Morgan fingerprint density at radius 3 is 2.53 bits per heavy atom. The first-order valence-electron chi connectivity index (χ1n) is 5.89. The Labute approximate surface area is 116 Å². The van der Waals surface area contributed by atoms with Crippen molar-refractivity contribution in [1.82, 2.24) is 0 Å². The fourth-order valence-electron chi connectivity index (χ4n) is 1.49. The highest BCUT2D eigenvalue weighted by Crippen LogP contribution is 2.11. The molecule has 19 heavy (non-hydrogen) atoms. The van der Waals surface area contributed by atoms with Gasteiger partial charge in [0, 0.05) is 5.69 Å². The molecule has 0 fully saturated rings. The molecule has 0 saturated carbocycles. The Bertz CT molecular complexity index is 434. The van der Waals surface area contributed by atoms with Gasteiger partial charge in [-0.1, -0.05) is 12.1 Å². The minimum atomic E-state index is -0.879. The van der Waals surface area contributed by atoms with Gasteiger partial charge in [0.05, 0.1) is 12.5 Å². The fourth-order valence-corrected chi connectivity index (χ4v) is 1.98. The van der Waals surface area contributed by atoms with E-state index in [4.69, 9.17) is 10.8 Å². The maximum absolute atomic E-state index is 11.7. The minimum absolute atomic E-state index is 0.0263. The first-order chi connectivity index (χ1) is 9.02. The number of carbonyl (C=O) groups excluding carboxylic acids is 1. The molecule has 1 aromatic carbocycles. The van der Waals surface area contributed by atoms with Crippen molar-refractivity contribution in [1.29, 1.82) is 0 Å². The molecule has 0 heterocycles. The largest absolute Gasteiger partial charge is 0.481 e. The van der Waals surface area contributed by atoms with Gasteiger partial charge < -0.3 is 16.2 Å². The number of nitrogens with one attached hydrogen (secondary N) is 1. The summed E-state index contributed by atoms with van der Waals surface area (Å²) in [4.78, 5) is 22.3. The van der Waals surface area contributed by atoms with E-state index < -0.39 is 12.0 Å². The molecule has 0 saturated heterocycles. The number of nitrogens with two attached hydrogens (primary N) is 1. The number of hydrogen-bond donors (Lipinski definition) is 3. The van der Waals surface area contributed by atoms with Gasteiger partial charge in [-0.15, -0.1) is 0 Å². The van der Waals surface area contributed by atoms with E-state index in [1.165, 1.54) is 0 Å². The molecule has 1 rings (SSSR count). The highest BCUT2D eigenvalue weighted by molar-refractivity contribution is 7.98. The van der Waals surface area contributed by atoms with E-state index in [0.29, 0.717) is 17.7 Å². The normalized spacial score (nSPS) is 11.9. The Morgan fingerprint density at radius 2 is 2.00 bits per heavy atom. The van der Waals surface area contributed by atoms with Crippen LogP contribution in [0.25, 0.3) is 0 Å². The fraction of sp³-hybridized carbons (Fsp3) is 0.385. The molecule has 0 bridgehead atoms. The Balaban J connectivity index is 2.52. The van der Waals surface area contributed by atoms with E-state index in [1.807, 2.05) is 6.26 Å². The van der Waals surface area contributed by atoms with E-state index in [2.05, 4.69) is 5.32 Å². The summed E-state index contributed by atoms with van der Waals surface area (Å²) in [6, 6.07) is 6.19. The number of rotatable bonds is 7. The number of carbonyl (C=O) groups is 2. The predicted octanol–water partition coefficient (Wildman–Crippen LogP) is 1.33. The topological polar surface area (TPSA) is 92.4 Å². The quantitative estimate of drug-likeness (QED) is 0.701. The van der Waals surface area contributed by atoms with Gasteiger partial charge in [-0.2, -0.15) is 11.8 Å². The number of hydrogen-bond acceptors (Lipinski definition) is 4. The van der Waals surface area contributed by atoms with Crippen molar-refractivity contribution in [3.63, 3.8) is 0 Å². The zero-order valence-electron chi connectivity index (χ0n) is 10.8. The summed E-state index contributed by atoms with van der Waals surface area (Å²) in [5, 5.41) is 11.4. The molecule has 1 aromatic rings. The van der Waals surface area contributed by atoms with Crippen molar-refractivity contribution in [3.05, 3.63) is 29.8 Å². The van der Waals surface area contributed by atoms with Crippen LogP contribution in [0.15, 0.2) is 24.3 Å². The summed E-state index contributed by atoms with van der Waals surface area (Å²) in [5.41, 5.74) is 7.06. The van der Waals surface area contributed by atoms with Crippen LogP contribution in [0, 0.1) is 0 Å². The molecule has 0 aromatic heterocycles. The lowest BCUT2D eigenvalue weighted by molar-refractivity contribution is -0.136. The van der Waals surface area contributed by atoms with E-state index in [9.17, 15) is 9.59 Å². The molecule has 1 atom stereocenters. The lowest BCUT2D eigenvalue weighted by atomic mass is 10.1. The lowest BCUT2D eigenvalue weighted by Gasteiger charge is -2.11. The first-order valence-corrected chi connectivity index (χ1v) is 7.28. The van der Waals surface area contributed by atoms with Crippen LogP contribution in [0.2, 0.25) is 0 Å². The van der Waals surface area contributed by atoms with Crippen molar-refractivity contribution in [2.24, 2.45) is 5.73 Å². The lowest BCUT2D eigenvalue weighted by Crippen LogP contribution is -2.36. The zero-order valence-corrected chi connectivity index (χ0v) is 11.6. The molecule has 1 amide bonds. The van der Waals surface area contributed by atoms with Gasteiger partial charge in [0.25, 0.3) is 0 Å². The Morgan fingerprint density at radius 1 is 1.37 bits per heavy atom. The van der Waals surface area contributed by atoms with Gasteiger partial charge >= 0.3 is 5.97 Å². The number of carboxylic acid groups (broad SMARTS) is 1. The van der Waals surface area contributed by atoms with Gasteiger partial charge in [-0.05, 0) is 36.1 Å². The second kappa shape index (κ2) is 7.81. The predicted molar refractivity (Wildman–Crippen MR) is 77.4 cm³/mol. The third-order valence-corrected chi connectivity index (χ3v) is 3.19. The van der Waals surface area contributed by atoms with Gasteiger partial charge in [0.15, 0.2) is 0 Å². The number of thioether (sulfide) groups is 1. The number of amides is 1. The second-order valence-corrected chi connectivity index (χ2v) is 5.13. The summed E-state index contributed by atoms with van der Waals surface area (Å²) >= 11 is 1.65. The first kappa shape index (κ1) is 15.5. The third kappa shape index (κ3) is 5.76. The van der Waals surface area contributed by atoms with Crippen LogP contribution < -0.4 is 11.1 Å². The van der Waals surface area contributed by atoms with E-state index in [1.54, 1.807) is 36.0 Å². The van der Waals surface area contributed by atoms with Crippen LogP contribution in [-0.4, -0.2) is 35.0 Å². The molecule has 6 heteroatoms. The highest BCUT2D eigenvalue weighted by atomic mass is 32.2. The van der Waals surface area contributed by atoms with Crippen LogP contribution in [0.5, 0.6) is 0 Å². The summed E-state index contributed by atoms with van der Waals surface area (Å²) in [6.07, 6.45) is 2.57. The standard InChI is InChI=1S/C13H18N2O3S/c1-19-7-6-11(14)13(18)15-10-4-2-9(3-5-10)8-12(16)17/h2-5,11H,6-8,14H2,1H3,(H,15,18)(H,16,17)/t11-/m1/s1. The van der Waals surface area contributed by atoms with Gasteiger partial charge in [-0.25, -0.2) is 0 Å². The van der Waals surface area contributed by atoms with Crippen LogP contribution in [0.3, 0.4) is 0 Å². The molecule has 0 spiro atoms. The van der Waals surface area contributed by atoms with Crippen LogP contribution >= 0.6 is 11.8 Å². The van der Waals surface area contributed by atoms with E-state index >= 15 is 0 Å². The van der Waals surface area contributed by atoms with Crippen LogP contribution in [0.4, 0.5) is 5.69 Å².